The Bertz CT molecular complexity index is 934. The van der Waals surface area contributed by atoms with Gasteiger partial charge < -0.3 is 23.7 Å². The minimum absolute atomic E-state index is 0.330. The van der Waals surface area contributed by atoms with E-state index in [-0.39, 0.29) is 0 Å². The number of benzene rings is 1. The third kappa shape index (κ3) is 9.50. The molecule has 8 nitrogen and oxygen atoms in total. The van der Waals surface area contributed by atoms with E-state index >= 15 is 0 Å². The monoisotopic (exact) mass is 486 g/mol. The van der Waals surface area contributed by atoms with Crippen molar-refractivity contribution in [2.75, 3.05) is 0 Å². The van der Waals surface area contributed by atoms with Gasteiger partial charge in [0.15, 0.2) is 11.9 Å². The molecule has 0 radical (unpaired) electrons. The maximum Gasteiger partial charge on any atom is 0.331 e. The summed E-state index contributed by atoms with van der Waals surface area (Å²) >= 11 is 0. The molecule has 35 heavy (non-hydrogen) atoms. The minimum atomic E-state index is -0.955. The molecule has 190 valence electrons. The topological polar surface area (TPSA) is 97.4 Å². The highest BCUT2D eigenvalue weighted by atomic mass is 16.8. The molecule has 1 aromatic carbocycles. The quantitative estimate of drug-likeness (QED) is 0.199. The number of carbonyl (C=O) groups is 3. The van der Waals surface area contributed by atoms with Crippen LogP contribution >= 0.6 is 0 Å². The van der Waals surface area contributed by atoms with Gasteiger partial charge in [0.25, 0.3) is 0 Å². The molecule has 0 spiro atoms. The number of rotatable bonds is 11. The number of carbonyl (C=O) groups excluding carboxylic acids is 3. The van der Waals surface area contributed by atoms with Crippen molar-refractivity contribution in [3.8, 4) is 0 Å². The molecular formula is C27H34O8. The predicted molar refractivity (Wildman–Crippen MR) is 130 cm³/mol. The van der Waals surface area contributed by atoms with Crippen LogP contribution in [-0.2, 0) is 38.1 Å². The Balaban J connectivity index is 2.20. The van der Waals surface area contributed by atoms with Crippen molar-refractivity contribution in [2.24, 2.45) is 0 Å². The molecule has 1 aliphatic heterocycles. The fraction of sp³-hybridized carbons (Fsp3) is 0.444. The van der Waals surface area contributed by atoms with Crippen molar-refractivity contribution < 1.29 is 38.1 Å². The van der Waals surface area contributed by atoms with Crippen LogP contribution in [0.15, 0.2) is 61.2 Å². The highest BCUT2D eigenvalue weighted by Gasteiger charge is 2.45. The van der Waals surface area contributed by atoms with Crippen LogP contribution in [0.25, 0.3) is 6.08 Å². The summed E-state index contributed by atoms with van der Waals surface area (Å²) in [6.07, 6.45) is 4.71. The fourth-order valence-corrected chi connectivity index (χ4v) is 3.62. The van der Waals surface area contributed by atoms with Crippen molar-refractivity contribution in [1.29, 1.82) is 0 Å². The van der Waals surface area contributed by atoms with Crippen LogP contribution in [0.1, 0.15) is 46.6 Å². The Morgan fingerprint density at radius 3 is 2.31 bits per heavy atom. The normalized spacial score (nSPS) is 21.9. The average Bonchev–Trinajstić information content (AvgIpc) is 3.09. The molecule has 0 saturated carbocycles. The van der Waals surface area contributed by atoms with Crippen LogP contribution in [0.4, 0.5) is 0 Å². The summed E-state index contributed by atoms with van der Waals surface area (Å²) in [5.74, 6) is -2.51. The zero-order valence-electron chi connectivity index (χ0n) is 20.8. The van der Waals surface area contributed by atoms with E-state index in [0.717, 1.165) is 5.56 Å². The van der Waals surface area contributed by atoms with E-state index in [1.165, 1.54) is 19.9 Å². The SMILES string of the molecule is C=CC[C@@H](OC(=O)/C=C/c1ccccc1)[C@@H]1OC(C)(C)O[C@H]1/C=C/[C@@H](OC(C)=O)[C@H](C)OC(C)=O. The lowest BCUT2D eigenvalue weighted by Gasteiger charge is -2.25. The Labute approximate surface area is 206 Å². The highest BCUT2D eigenvalue weighted by Crippen LogP contribution is 2.33. The summed E-state index contributed by atoms with van der Waals surface area (Å²) in [5, 5.41) is 0. The second-order valence-corrected chi connectivity index (χ2v) is 8.58. The van der Waals surface area contributed by atoms with Crippen LogP contribution in [-0.4, -0.2) is 54.2 Å². The lowest BCUT2D eigenvalue weighted by Crippen LogP contribution is -2.38. The van der Waals surface area contributed by atoms with Crippen LogP contribution in [0.3, 0.4) is 0 Å². The van der Waals surface area contributed by atoms with Gasteiger partial charge in [0.1, 0.15) is 24.4 Å². The smallest absolute Gasteiger partial charge is 0.331 e. The van der Waals surface area contributed by atoms with Crippen LogP contribution < -0.4 is 0 Å². The predicted octanol–water partition coefficient (Wildman–Crippen LogP) is 4.15. The largest absolute Gasteiger partial charge is 0.459 e. The third-order valence-electron chi connectivity index (χ3n) is 5.01. The molecule has 1 heterocycles. The first-order chi connectivity index (χ1) is 16.5. The van der Waals surface area contributed by atoms with Crippen molar-refractivity contribution in [3.63, 3.8) is 0 Å². The second kappa shape index (κ2) is 13.0. The first-order valence-corrected chi connectivity index (χ1v) is 11.4. The Morgan fingerprint density at radius 1 is 1.06 bits per heavy atom. The zero-order valence-corrected chi connectivity index (χ0v) is 20.8. The van der Waals surface area contributed by atoms with E-state index in [9.17, 15) is 14.4 Å². The summed E-state index contributed by atoms with van der Waals surface area (Å²) in [6.45, 7) is 11.4. The zero-order chi connectivity index (χ0) is 26.0. The van der Waals surface area contributed by atoms with E-state index in [0.29, 0.717) is 6.42 Å². The first-order valence-electron chi connectivity index (χ1n) is 11.4. The van der Waals surface area contributed by atoms with E-state index in [1.807, 2.05) is 30.3 Å². The summed E-state index contributed by atoms with van der Waals surface area (Å²) in [6, 6.07) is 9.39. The molecule has 0 aromatic heterocycles. The lowest BCUT2D eigenvalue weighted by atomic mass is 10.0. The van der Waals surface area contributed by atoms with E-state index < -0.39 is 54.2 Å². The maximum atomic E-state index is 12.5. The van der Waals surface area contributed by atoms with Gasteiger partial charge in [0, 0.05) is 26.3 Å². The number of hydrogen-bond donors (Lipinski definition) is 0. The Kier molecular flexibility index (Phi) is 10.4. The van der Waals surface area contributed by atoms with Crippen molar-refractivity contribution in [2.45, 2.75) is 77.3 Å². The van der Waals surface area contributed by atoms with Crippen LogP contribution in [0.5, 0.6) is 0 Å². The molecule has 1 saturated heterocycles. The molecule has 0 N–H and O–H groups in total. The van der Waals surface area contributed by atoms with Gasteiger partial charge in [-0.3, -0.25) is 9.59 Å². The van der Waals surface area contributed by atoms with Gasteiger partial charge in [-0.1, -0.05) is 42.5 Å². The van der Waals surface area contributed by atoms with Crippen molar-refractivity contribution in [3.05, 3.63) is 66.8 Å². The lowest BCUT2D eigenvalue weighted by molar-refractivity contribution is -0.167. The maximum absolute atomic E-state index is 12.5. The van der Waals surface area contributed by atoms with Crippen molar-refractivity contribution >= 4 is 24.0 Å². The minimum Gasteiger partial charge on any atom is -0.459 e. The number of ether oxygens (including phenoxy) is 5. The molecule has 2 rings (SSSR count). The Hall–Kier alpha value is -3.23. The van der Waals surface area contributed by atoms with Gasteiger partial charge in [0.05, 0.1) is 0 Å². The summed E-state index contributed by atoms with van der Waals surface area (Å²) in [5.41, 5.74) is 0.866. The van der Waals surface area contributed by atoms with Gasteiger partial charge in [0.2, 0.25) is 0 Å². The molecule has 8 heteroatoms. The Morgan fingerprint density at radius 2 is 1.71 bits per heavy atom. The van der Waals surface area contributed by atoms with Gasteiger partial charge in [-0.05, 0) is 38.5 Å². The molecular weight excluding hydrogens is 452 g/mol. The number of esters is 3. The van der Waals surface area contributed by atoms with Gasteiger partial charge in [-0.15, -0.1) is 6.58 Å². The van der Waals surface area contributed by atoms with Crippen LogP contribution in [0.2, 0.25) is 0 Å². The van der Waals surface area contributed by atoms with Gasteiger partial charge >= 0.3 is 17.9 Å². The van der Waals surface area contributed by atoms with Gasteiger partial charge in [-0.25, -0.2) is 4.79 Å². The molecule has 5 atom stereocenters. The summed E-state index contributed by atoms with van der Waals surface area (Å²) in [7, 11) is 0. The molecule has 1 aliphatic rings. The van der Waals surface area contributed by atoms with E-state index in [1.54, 1.807) is 45.1 Å². The highest BCUT2D eigenvalue weighted by molar-refractivity contribution is 5.87. The molecule has 0 unspecified atom stereocenters. The second-order valence-electron chi connectivity index (χ2n) is 8.58. The fourth-order valence-electron chi connectivity index (χ4n) is 3.62. The van der Waals surface area contributed by atoms with Gasteiger partial charge in [-0.2, -0.15) is 0 Å². The average molecular weight is 487 g/mol. The molecule has 0 bridgehead atoms. The molecule has 1 fully saturated rings. The van der Waals surface area contributed by atoms with E-state index in [2.05, 4.69) is 6.58 Å². The third-order valence-corrected chi connectivity index (χ3v) is 5.01. The van der Waals surface area contributed by atoms with Crippen LogP contribution in [0, 0.1) is 0 Å². The first kappa shape index (κ1) is 28.0. The summed E-state index contributed by atoms with van der Waals surface area (Å²) < 4.78 is 28.2. The van der Waals surface area contributed by atoms with Crippen molar-refractivity contribution in [1.82, 2.24) is 0 Å². The molecule has 0 amide bonds. The van der Waals surface area contributed by atoms with E-state index in [4.69, 9.17) is 23.7 Å². The summed E-state index contributed by atoms with van der Waals surface area (Å²) in [4.78, 5) is 35.5. The standard InChI is InChI=1S/C27H34O8/c1-7-11-23(33-25(30)17-14-21-12-9-8-10-13-21)26-24(34-27(5,6)35-26)16-15-22(32-20(4)29)18(2)31-19(3)28/h7-10,12-18,22-24,26H,1,11H2,2-6H3/b16-15+,17-14+/t18-,22+,23+,24-,26-/m0/s1. The molecule has 0 aliphatic carbocycles. The number of hydrogen-bond acceptors (Lipinski definition) is 8. The molecule has 1 aromatic rings.